The number of carbonyl (C=O) groups is 3. The molecular formula is C21H29FO5. The largest absolute Gasteiger partial charge is 0.465 e. The van der Waals surface area contributed by atoms with Crippen LogP contribution in [0.2, 0.25) is 0 Å². The molecule has 0 bridgehead atoms. The minimum atomic E-state index is -1.65. The van der Waals surface area contributed by atoms with Gasteiger partial charge in [-0.3, -0.25) is 14.4 Å². The van der Waals surface area contributed by atoms with Crippen molar-refractivity contribution in [1.29, 1.82) is 0 Å². The van der Waals surface area contributed by atoms with Crippen LogP contribution in [0.4, 0.5) is 4.39 Å². The minimum Gasteiger partial charge on any atom is -0.465 e. The van der Waals surface area contributed by atoms with E-state index in [9.17, 15) is 18.8 Å². The Morgan fingerprint density at radius 2 is 1.33 bits per heavy atom. The highest BCUT2D eigenvalue weighted by Gasteiger charge is 2.49. The number of rotatable bonds is 11. The highest BCUT2D eigenvalue weighted by Crippen LogP contribution is 2.38. The van der Waals surface area contributed by atoms with E-state index in [1.165, 1.54) is 12.1 Å². The maximum atomic E-state index is 13.6. The summed E-state index contributed by atoms with van der Waals surface area (Å²) in [5.41, 5.74) is -0.488. The van der Waals surface area contributed by atoms with Gasteiger partial charge in [0.25, 0.3) is 0 Å². The monoisotopic (exact) mass is 380 g/mol. The number of benzene rings is 1. The van der Waals surface area contributed by atoms with E-state index in [0.717, 1.165) is 0 Å². The van der Waals surface area contributed by atoms with Gasteiger partial charge in [-0.1, -0.05) is 38.8 Å². The summed E-state index contributed by atoms with van der Waals surface area (Å²) < 4.78 is 23.4. The van der Waals surface area contributed by atoms with Crippen molar-refractivity contribution in [3.05, 3.63) is 35.6 Å². The lowest BCUT2D eigenvalue weighted by molar-refractivity contribution is -0.165. The minimum absolute atomic E-state index is 0.0487. The van der Waals surface area contributed by atoms with E-state index in [0.29, 0.717) is 31.2 Å². The highest BCUT2D eigenvalue weighted by atomic mass is 19.1. The number of Topliss-reactive ketones (excluding diaryl/α,β-unsaturated/α-hetero) is 1. The molecule has 0 unspecified atom stereocenters. The van der Waals surface area contributed by atoms with E-state index < -0.39 is 34.9 Å². The van der Waals surface area contributed by atoms with Crippen LogP contribution < -0.4 is 0 Å². The third kappa shape index (κ3) is 5.37. The maximum Gasteiger partial charge on any atom is 0.328 e. The molecule has 0 radical (unpaired) electrons. The van der Waals surface area contributed by atoms with Gasteiger partial charge in [-0.2, -0.15) is 0 Å². The van der Waals surface area contributed by atoms with E-state index in [4.69, 9.17) is 9.47 Å². The lowest BCUT2D eigenvalue weighted by atomic mass is 9.67. The molecule has 6 heteroatoms. The van der Waals surface area contributed by atoms with Crippen LogP contribution in [0.1, 0.15) is 58.9 Å². The molecule has 0 aliphatic carbocycles. The second-order valence-corrected chi connectivity index (χ2v) is 6.39. The van der Waals surface area contributed by atoms with Crippen LogP contribution in [0.15, 0.2) is 24.3 Å². The number of hydrogen-bond acceptors (Lipinski definition) is 5. The van der Waals surface area contributed by atoms with Gasteiger partial charge in [0, 0.05) is 0 Å². The zero-order valence-electron chi connectivity index (χ0n) is 16.5. The van der Waals surface area contributed by atoms with Crippen LogP contribution in [0.5, 0.6) is 0 Å². The summed E-state index contributed by atoms with van der Waals surface area (Å²) in [6, 6.07) is 5.66. The van der Waals surface area contributed by atoms with Gasteiger partial charge in [0.05, 0.1) is 18.6 Å². The van der Waals surface area contributed by atoms with E-state index in [2.05, 4.69) is 0 Å². The molecule has 1 aromatic rings. The molecule has 0 aliphatic rings. The maximum absolute atomic E-state index is 13.6. The number of ether oxygens (including phenoxy) is 2. The van der Waals surface area contributed by atoms with Gasteiger partial charge in [-0.05, 0) is 44.4 Å². The Kier molecular flexibility index (Phi) is 9.12. The van der Waals surface area contributed by atoms with Crippen LogP contribution >= 0.6 is 0 Å². The van der Waals surface area contributed by atoms with Crippen molar-refractivity contribution < 1.29 is 28.2 Å². The number of ketones is 1. The van der Waals surface area contributed by atoms with Gasteiger partial charge in [-0.15, -0.1) is 0 Å². The van der Waals surface area contributed by atoms with Crippen molar-refractivity contribution in [3.63, 3.8) is 0 Å². The number of carbonyl (C=O) groups excluding carboxylic acids is 3. The molecule has 1 aromatic carbocycles. The molecule has 0 heterocycles. The molecule has 0 saturated heterocycles. The Morgan fingerprint density at radius 3 is 1.70 bits per heavy atom. The first-order valence-corrected chi connectivity index (χ1v) is 9.51. The molecule has 0 N–H and O–H groups in total. The first-order valence-electron chi connectivity index (χ1n) is 9.51. The molecule has 0 amide bonds. The van der Waals surface area contributed by atoms with E-state index in [-0.39, 0.29) is 13.2 Å². The van der Waals surface area contributed by atoms with Crippen LogP contribution in [-0.2, 0) is 29.3 Å². The van der Waals surface area contributed by atoms with Crippen molar-refractivity contribution in [1.82, 2.24) is 0 Å². The smallest absolute Gasteiger partial charge is 0.328 e. The van der Waals surface area contributed by atoms with Crippen LogP contribution in [0.3, 0.4) is 0 Å². The zero-order valence-corrected chi connectivity index (χ0v) is 16.5. The summed E-state index contributed by atoms with van der Waals surface area (Å²) in [5, 5.41) is 0. The van der Waals surface area contributed by atoms with Crippen molar-refractivity contribution in [2.24, 2.45) is 5.92 Å². The summed E-state index contributed by atoms with van der Waals surface area (Å²) in [4.78, 5) is 38.4. The highest BCUT2D eigenvalue weighted by molar-refractivity contribution is 6.18. The summed E-state index contributed by atoms with van der Waals surface area (Å²) >= 11 is 0. The van der Waals surface area contributed by atoms with Gasteiger partial charge in [0.2, 0.25) is 5.92 Å². The number of hydrogen-bond donors (Lipinski definition) is 0. The molecule has 0 spiro atoms. The Hall–Kier alpha value is -2.24. The fourth-order valence-electron chi connectivity index (χ4n) is 3.46. The molecule has 5 nitrogen and oxygen atoms in total. The fourth-order valence-corrected chi connectivity index (χ4v) is 3.46. The third-order valence-electron chi connectivity index (χ3n) is 4.53. The van der Waals surface area contributed by atoms with Crippen molar-refractivity contribution in [2.45, 2.75) is 58.8 Å². The predicted octanol–water partition coefficient (Wildman–Crippen LogP) is 3.98. The second-order valence-electron chi connectivity index (χ2n) is 6.39. The summed E-state index contributed by atoms with van der Waals surface area (Å²) in [7, 11) is 0. The zero-order chi connectivity index (χ0) is 20.4. The molecule has 0 aromatic heterocycles. The van der Waals surface area contributed by atoms with Crippen LogP contribution in [-0.4, -0.2) is 30.9 Å². The number of esters is 2. The Morgan fingerprint density at radius 1 is 0.889 bits per heavy atom. The number of halogens is 1. The topological polar surface area (TPSA) is 69.7 Å². The van der Waals surface area contributed by atoms with Crippen molar-refractivity contribution in [2.75, 3.05) is 13.2 Å². The van der Waals surface area contributed by atoms with Gasteiger partial charge < -0.3 is 9.47 Å². The average Bonchev–Trinajstić information content (AvgIpc) is 2.62. The third-order valence-corrected chi connectivity index (χ3v) is 4.53. The lowest BCUT2D eigenvalue weighted by Crippen LogP contribution is -2.47. The average molecular weight is 380 g/mol. The van der Waals surface area contributed by atoms with Crippen molar-refractivity contribution in [3.8, 4) is 0 Å². The van der Waals surface area contributed by atoms with E-state index >= 15 is 0 Å². The van der Waals surface area contributed by atoms with Gasteiger partial charge in [0.1, 0.15) is 5.82 Å². The summed E-state index contributed by atoms with van der Waals surface area (Å²) in [6.45, 7) is 7.15. The first-order chi connectivity index (χ1) is 12.9. The van der Waals surface area contributed by atoms with Gasteiger partial charge in [-0.25, -0.2) is 4.39 Å². The molecular weight excluding hydrogens is 351 g/mol. The first kappa shape index (κ1) is 22.8. The summed E-state index contributed by atoms with van der Waals surface area (Å²) in [6.07, 6.45) is 2.17. The van der Waals surface area contributed by atoms with Crippen molar-refractivity contribution >= 4 is 17.7 Å². The molecule has 0 saturated carbocycles. The molecule has 0 aliphatic heterocycles. The van der Waals surface area contributed by atoms with E-state index in [1.807, 2.05) is 13.8 Å². The molecule has 0 fully saturated rings. The second kappa shape index (κ2) is 10.8. The van der Waals surface area contributed by atoms with Crippen LogP contribution in [0.25, 0.3) is 0 Å². The molecule has 0 atom stereocenters. The van der Waals surface area contributed by atoms with Gasteiger partial charge in [0.15, 0.2) is 5.78 Å². The molecule has 150 valence electrons. The van der Waals surface area contributed by atoms with E-state index in [1.54, 1.807) is 26.0 Å². The Bertz CT molecular complexity index is 614. The standard InChI is InChI=1S/C21H29FO5/c1-5-13-21(14-6-2,15-9-11-16(22)12-10-15)18(23)17(19(24)26-7-3)20(25)27-8-4/h9-12,17H,5-8,13-14H2,1-4H3. The normalized spacial score (nSPS) is 11.3. The van der Waals surface area contributed by atoms with Crippen LogP contribution in [0, 0.1) is 11.7 Å². The SMILES string of the molecule is CCCC(CCC)(C(=O)C(C(=O)OCC)C(=O)OCC)c1ccc(F)cc1. The Balaban J connectivity index is 3.50. The lowest BCUT2D eigenvalue weighted by Gasteiger charge is -2.34. The molecule has 27 heavy (non-hydrogen) atoms. The predicted molar refractivity (Wildman–Crippen MR) is 99.7 cm³/mol. The fraction of sp³-hybridized carbons (Fsp3) is 0.571. The Labute approximate surface area is 160 Å². The van der Waals surface area contributed by atoms with Gasteiger partial charge >= 0.3 is 11.9 Å². The molecule has 1 rings (SSSR count). The summed E-state index contributed by atoms with van der Waals surface area (Å²) in [5.74, 6) is -4.41. The quantitative estimate of drug-likeness (QED) is 0.429.